The number of allylic oxidation sites excluding steroid dienone is 1. The Kier molecular flexibility index (Phi) is 5.57. The van der Waals surface area contributed by atoms with Crippen LogP contribution in [0.2, 0.25) is 0 Å². The molecule has 1 unspecified atom stereocenters. The molecule has 2 aromatic carbocycles. The lowest BCUT2D eigenvalue weighted by Crippen LogP contribution is -2.65. The van der Waals surface area contributed by atoms with E-state index in [1.54, 1.807) is 12.1 Å². The first-order valence-corrected chi connectivity index (χ1v) is 11.7. The summed E-state index contributed by atoms with van der Waals surface area (Å²) in [5, 5.41) is 46.2. The molecule has 3 aliphatic carbocycles. The number of nitrogens with two attached hydrogens (primary N) is 1. The number of hydrogen-bond donors (Lipinski definition) is 4. The number of aromatic hydroxyl groups is 1. The number of ketones is 2. The minimum Gasteiger partial charge on any atom is -0.838 e. The fraction of sp³-hybridized carbons (Fsp3) is 0.250. The Morgan fingerprint density at radius 1 is 1.13 bits per heavy atom. The van der Waals surface area contributed by atoms with Crippen LogP contribution >= 0.6 is 0 Å². The van der Waals surface area contributed by atoms with Crippen LogP contribution in [0.4, 0.5) is 8.78 Å². The van der Waals surface area contributed by atoms with Gasteiger partial charge in [0, 0.05) is 36.0 Å². The smallest absolute Gasteiger partial charge is 0.270 e. The highest BCUT2D eigenvalue weighted by molar-refractivity contribution is 6.23. The Hall–Kier alpha value is -4.31. The first kappa shape index (κ1) is 25.3. The van der Waals surface area contributed by atoms with Crippen LogP contribution in [0.25, 0.3) is 17.4 Å². The van der Waals surface area contributed by atoms with Crippen molar-refractivity contribution in [1.82, 2.24) is 0 Å². The maximum Gasteiger partial charge on any atom is 0.270 e. The molecular formula is C28H22F2NO7-. The number of carbonyl (C=O) groups is 3. The Balaban J connectivity index is 1.72. The molecule has 1 amide bonds. The third-order valence-electron chi connectivity index (χ3n) is 7.53. The van der Waals surface area contributed by atoms with Gasteiger partial charge in [0.05, 0.1) is 5.56 Å². The summed E-state index contributed by atoms with van der Waals surface area (Å²) in [6.45, 7) is 0.766. The van der Waals surface area contributed by atoms with Crippen molar-refractivity contribution in [2.75, 3.05) is 0 Å². The number of rotatable bonds is 3. The molecule has 0 aliphatic heterocycles. The highest BCUT2D eigenvalue weighted by Crippen LogP contribution is 2.54. The average Bonchev–Trinajstić information content (AvgIpc) is 2.83. The van der Waals surface area contributed by atoms with Crippen LogP contribution in [0, 0.1) is 11.8 Å². The molecule has 0 aromatic heterocycles. The molecule has 3 aliphatic rings. The molecule has 0 spiro atoms. The van der Waals surface area contributed by atoms with Crippen molar-refractivity contribution in [3.8, 4) is 5.75 Å². The van der Waals surface area contributed by atoms with E-state index >= 15 is 0 Å². The molecule has 5 N–H and O–H groups in total. The zero-order chi connectivity index (χ0) is 27.7. The molecule has 10 heteroatoms. The molecule has 1 fully saturated rings. The monoisotopic (exact) mass is 522 g/mol. The molecule has 5 rings (SSSR count). The number of primary amides is 1. The Morgan fingerprint density at radius 2 is 1.79 bits per heavy atom. The molecule has 3 atom stereocenters. The molecule has 0 bridgehead atoms. The number of carbonyl (C=O) groups excluding carboxylic acids is 3. The molecule has 1 saturated carbocycles. The lowest BCUT2D eigenvalue weighted by molar-refractivity contribution is -0.466. The Labute approximate surface area is 215 Å². The summed E-state index contributed by atoms with van der Waals surface area (Å²) < 4.78 is 27.4. The summed E-state index contributed by atoms with van der Waals surface area (Å²) in [7, 11) is 0. The van der Waals surface area contributed by atoms with Gasteiger partial charge in [-0.25, -0.2) is 8.78 Å². The third-order valence-corrected chi connectivity index (χ3v) is 7.53. The van der Waals surface area contributed by atoms with Crippen LogP contribution in [0.1, 0.15) is 42.0 Å². The van der Waals surface area contributed by atoms with E-state index in [2.05, 4.69) is 0 Å². The number of benzene rings is 2. The number of Topliss-reactive ketones (excluding diaryl/α,β-unsaturated/α-hetero) is 2. The predicted molar refractivity (Wildman–Crippen MR) is 129 cm³/mol. The largest absolute Gasteiger partial charge is 0.838 e. The van der Waals surface area contributed by atoms with E-state index in [4.69, 9.17) is 5.73 Å². The van der Waals surface area contributed by atoms with Gasteiger partial charge >= 0.3 is 0 Å². The number of hydrogen-bond acceptors (Lipinski definition) is 7. The summed E-state index contributed by atoms with van der Waals surface area (Å²) in [5.74, 6) is -11.1. The molecule has 0 radical (unpaired) electrons. The molecule has 0 heterocycles. The van der Waals surface area contributed by atoms with Crippen molar-refractivity contribution in [3.63, 3.8) is 0 Å². The van der Waals surface area contributed by atoms with Gasteiger partial charge < -0.3 is 26.2 Å². The standard InChI is InChI=1S/C28H22F2NO7/c1-27(29,30)13-7-5-12(6-8-13)9-16-15-3-2-4-18(32)20(15)23(34)21-17(16)10-14-11-19(33)22(26(31)37)25(36)28(14,38)24(21)35/h2-9,14,17,32,34,36H,10-11H2,1H3,(H2,31,37)/q-1/b16-9+/t14-,17?,28+/m0/s1. The molecule has 38 heavy (non-hydrogen) atoms. The summed E-state index contributed by atoms with van der Waals surface area (Å²) in [6, 6.07) is 9.75. The topological polar surface area (TPSA) is 161 Å². The number of alkyl halides is 2. The number of phenols is 1. The minimum absolute atomic E-state index is 0.123. The van der Waals surface area contributed by atoms with E-state index in [9.17, 15) is 43.6 Å². The minimum atomic E-state index is -3.06. The first-order valence-electron chi connectivity index (χ1n) is 11.7. The normalized spacial score (nSPS) is 26.3. The number of aliphatic hydroxyl groups is 2. The maximum atomic E-state index is 13.9. The van der Waals surface area contributed by atoms with Crippen molar-refractivity contribution < 1.29 is 43.6 Å². The van der Waals surface area contributed by atoms with Gasteiger partial charge in [0.25, 0.3) is 11.8 Å². The zero-order valence-corrected chi connectivity index (χ0v) is 20.0. The molecule has 8 nitrogen and oxygen atoms in total. The maximum absolute atomic E-state index is 13.9. The van der Waals surface area contributed by atoms with Crippen LogP contribution in [-0.4, -0.2) is 38.4 Å². The number of amides is 1. The van der Waals surface area contributed by atoms with E-state index in [1.165, 1.54) is 36.4 Å². The highest BCUT2D eigenvalue weighted by Gasteiger charge is 2.55. The summed E-state index contributed by atoms with van der Waals surface area (Å²) in [6.07, 6.45) is 0.901. The summed E-state index contributed by atoms with van der Waals surface area (Å²) in [4.78, 5) is 38.0. The van der Waals surface area contributed by atoms with Crippen molar-refractivity contribution in [2.45, 2.75) is 31.3 Å². The Bertz CT molecular complexity index is 1510. The van der Waals surface area contributed by atoms with Crippen LogP contribution in [0.5, 0.6) is 5.75 Å². The van der Waals surface area contributed by atoms with Crippen molar-refractivity contribution in [3.05, 3.63) is 81.6 Å². The van der Waals surface area contributed by atoms with E-state index in [0.29, 0.717) is 16.7 Å². The lowest BCUT2D eigenvalue weighted by atomic mass is 9.58. The van der Waals surface area contributed by atoms with Gasteiger partial charge in [-0.1, -0.05) is 42.5 Å². The average molecular weight is 522 g/mol. The van der Waals surface area contributed by atoms with Gasteiger partial charge in [-0.15, -0.1) is 0 Å². The van der Waals surface area contributed by atoms with Gasteiger partial charge in [0.1, 0.15) is 22.8 Å². The first-order chi connectivity index (χ1) is 17.8. The quantitative estimate of drug-likeness (QED) is 0.451. The zero-order valence-electron chi connectivity index (χ0n) is 20.0. The van der Waals surface area contributed by atoms with E-state index in [1.807, 2.05) is 0 Å². The fourth-order valence-corrected chi connectivity index (χ4v) is 5.67. The second-order valence-electron chi connectivity index (χ2n) is 9.84. The van der Waals surface area contributed by atoms with Crippen molar-refractivity contribution in [2.24, 2.45) is 17.6 Å². The van der Waals surface area contributed by atoms with Crippen LogP contribution < -0.4 is 10.8 Å². The number of fused-ring (bicyclic) bond motifs is 3. The van der Waals surface area contributed by atoms with Crippen LogP contribution in [-0.2, 0) is 20.3 Å². The molecular weight excluding hydrogens is 500 g/mol. The fourth-order valence-electron chi connectivity index (χ4n) is 5.67. The summed E-state index contributed by atoms with van der Waals surface area (Å²) >= 11 is 0. The molecule has 196 valence electrons. The number of aliphatic hydroxyl groups excluding tert-OH is 2. The Morgan fingerprint density at radius 3 is 2.39 bits per heavy atom. The van der Waals surface area contributed by atoms with Crippen molar-refractivity contribution in [1.29, 1.82) is 0 Å². The molecule has 0 saturated heterocycles. The second-order valence-corrected chi connectivity index (χ2v) is 9.84. The van der Waals surface area contributed by atoms with Crippen molar-refractivity contribution >= 4 is 34.9 Å². The SMILES string of the molecule is CC(F)(F)c1ccc(/C=C2\c3cccc(O)c3C(O)=C3C(=O)[C@@]4([O-])C(O)=C(C(N)=O)C(=O)C[C@@H]4CC32)cc1. The molecule has 2 aromatic rings. The highest BCUT2D eigenvalue weighted by atomic mass is 19.3. The van der Waals surface area contributed by atoms with E-state index in [-0.39, 0.29) is 23.3 Å². The van der Waals surface area contributed by atoms with Gasteiger partial charge in [-0.3, -0.25) is 14.4 Å². The lowest BCUT2D eigenvalue weighted by Gasteiger charge is -2.54. The van der Waals surface area contributed by atoms with Gasteiger partial charge in [-0.2, -0.15) is 0 Å². The predicted octanol–water partition coefficient (Wildman–Crippen LogP) is 2.90. The van der Waals surface area contributed by atoms with Crippen LogP contribution in [0.15, 0.2) is 59.4 Å². The van der Waals surface area contributed by atoms with Gasteiger partial charge in [0.2, 0.25) is 0 Å². The second kappa shape index (κ2) is 8.35. The number of halogens is 2. The summed E-state index contributed by atoms with van der Waals surface area (Å²) in [5.41, 5.74) is 1.78. The third kappa shape index (κ3) is 3.55. The number of phenolic OH excluding ortho intramolecular Hbond substituents is 1. The van der Waals surface area contributed by atoms with Crippen LogP contribution in [0.3, 0.4) is 0 Å². The van der Waals surface area contributed by atoms with E-state index < -0.39 is 69.9 Å². The van der Waals surface area contributed by atoms with Gasteiger partial charge in [0.15, 0.2) is 11.6 Å². The van der Waals surface area contributed by atoms with E-state index in [0.717, 1.165) is 6.92 Å². The van der Waals surface area contributed by atoms with Gasteiger partial charge in [-0.05, 0) is 35.1 Å².